The first-order chi connectivity index (χ1) is 6.72. The lowest BCUT2D eigenvalue weighted by atomic mass is 10.6. The van der Waals surface area contributed by atoms with E-state index in [1.807, 2.05) is 0 Å². The van der Waals surface area contributed by atoms with Gasteiger partial charge in [0.05, 0.1) is 5.75 Å². The van der Waals surface area contributed by atoms with Crippen LogP contribution < -0.4 is 16.4 Å². The number of carbonyl (C=O) groups is 2. The molecule has 5 nitrogen and oxygen atoms in total. The molecule has 0 atom stereocenters. The highest BCUT2D eigenvalue weighted by Crippen LogP contribution is 2.18. The molecule has 1 rings (SSSR count). The molecular formula is C8H15N3O2S. The summed E-state index contributed by atoms with van der Waals surface area (Å²) in [7, 11) is 0. The number of amides is 3. The topological polar surface area (TPSA) is 84.2 Å². The lowest BCUT2D eigenvalue weighted by Gasteiger charge is -2.04. The molecular weight excluding hydrogens is 202 g/mol. The van der Waals surface area contributed by atoms with E-state index in [1.165, 1.54) is 11.8 Å². The van der Waals surface area contributed by atoms with Gasteiger partial charge in [0.1, 0.15) is 0 Å². The van der Waals surface area contributed by atoms with Gasteiger partial charge in [0.2, 0.25) is 5.91 Å². The summed E-state index contributed by atoms with van der Waals surface area (Å²) in [6, 6.07) is -0.106. The van der Waals surface area contributed by atoms with Crippen LogP contribution in [-0.2, 0) is 4.79 Å². The molecule has 0 bridgehead atoms. The fourth-order valence-corrected chi connectivity index (χ4v) is 1.43. The van der Waals surface area contributed by atoms with Crippen molar-refractivity contribution >= 4 is 23.7 Å². The van der Waals surface area contributed by atoms with Crippen molar-refractivity contribution in [2.45, 2.75) is 18.9 Å². The van der Waals surface area contributed by atoms with Gasteiger partial charge in [0, 0.05) is 18.3 Å². The van der Waals surface area contributed by atoms with Crippen molar-refractivity contribution in [2.75, 3.05) is 18.1 Å². The van der Waals surface area contributed by atoms with E-state index < -0.39 is 0 Å². The van der Waals surface area contributed by atoms with Gasteiger partial charge in [-0.15, -0.1) is 0 Å². The molecule has 1 aliphatic rings. The van der Waals surface area contributed by atoms with E-state index in [0.29, 0.717) is 6.54 Å². The molecule has 1 fully saturated rings. The molecule has 6 heteroatoms. The molecule has 14 heavy (non-hydrogen) atoms. The molecule has 0 aromatic carbocycles. The monoisotopic (exact) mass is 217 g/mol. The number of carbonyl (C=O) groups excluding carboxylic acids is 2. The average molecular weight is 217 g/mol. The fraction of sp³-hybridized carbons (Fsp3) is 0.750. The second-order valence-electron chi connectivity index (χ2n) is 3.14. The highest BCUT2D eigenvalue weighted by Gasteiger charge is 2.23. The van der Waals surface area contributed by atoms with Gasteiger partial charge in [-0.25, -0.2) is 4.79 Å². The minimum Gasteiger partial charge on any atom is -0.335 e. The summed E-state index contributed by atoms with van der Waals surface area (Å²) in [5.41, 5.74) is 5.26. The van der Waals surface area contributed by atoms with Gasteiger partial charge in [-0.3, -0.25) is 10.1 Å². The van der Waals surface area contributed by atoms with Gasteiger partial charge in [0.25, 0.3) is 0 Å². The van der Waals surface area contributed by atoms with Gasteiger partial charge in [-0.05, 0) is 12.8 Å². The number of imide groups is 1. The van der Waals surface area contributed by atoms with Gasteiger partial charge >= 0.3 is 6.03 Å². The number of thioether (sulfide) groups is 1. The Balaban J connectivity index is 2.02. The Morgan fingerprint density at radius 1 is 1.43 bits per heavy atom. The van der Waals surface area contributed by atoms with Crippen molar-refractivity contribution in [3.8, 4) is 0 Å². The third kappa shape index (κ3) is 5.08. The Morgan fingerprint density at radius 3 is 2.71 bits per heavy atom. The van der Waals surface area contributed by atoms with E-state index in [9.17, 15) is 9.59 Å². The van der Waals surface area contributed by atoms with Crippen molar-refractivity contribution in [1.82, 2.24) is 10.6 Å². The van der Waals surface area contributed by atoms with Crippen molar-refractivity contribution in [3.05, 3.63) is 0 Å². The largest absolute Gasteiger partial charge is 0.335 e. The minimum absolute atomic E-state index is 0.262. The summed E-state index contributed by atoms with van der Waals surface area (Å²) in [5, 5.41) is 4.93. The van der Waals surface area contributed by atoms with Crippen LogP contribution in [0.25, 0.3) is 0 Å². The molecule has 0 aromatic rings. The van der Waals surface area contributed by atoms with Crippen LogP contribution in [0.2, 0.25) is 0 Å². The van der Waals surface area contributed by atoms with E-state index in [2.05, 4.69) is 10.6 Å². The summed E-state index contributed by atoms with van der Waals surface area (Å²) in [5.74, 6) is 0.758. The number of nitrogens with one attached hydrogen (secondary N) is 2. The van der Waals surface area contributed by atoms with E-state index in [1.54, 1.807) is 0 Å². The number of hydrogen-bond donors (Lipinski definition) is 3. The minimum atomic E-state index is -0.383. The maximum absolute atomic E-state index is 11.1. The zero-order valence-corrected chi connectivity index (χ0v) is 8.73. The van der Waals surface area contributed by atoms with E-state index in [4.69, 9.17) is 5.73 Å². The predicted octanol–water partition coefficient (Wildman–Crippen LogP) is -0.334. The Labute approximate surface area is 87.2 Å². The summed E-state index contributed by atoms with van der Waals surface area (Å²) in [6.45, 7) is 0.548. The number of nitrogens with two attached hydrogens (primary N) is 1. The van der Waals surface area contributed by atoms with Crippen LogP contribution in [0.1, 0.15) is 12.8 Å². The normalized spacial score (nSPS) is 14.9. The van der Waals surface area contributed by atoms with Crippen molar-refractivity contribution < 1.29 is 9.59 Å². The summed E-state index contributed by atoms with van der Waals surface area (Å²) >= 11 is 1.42. The van der Waals surface area contributed by atoms with Crippen LogP contribution in [0.4, 0.5) is 4.79 Å². The van der Waals surface area contributed by atoms with E-state index in [0.717, 1.165) is 18.6 Å². The predicted molar refractivity (Wildman–Crippen MR) is 56.1 cm³/mol. The number of hydrogen-bond acceptors (Lipinski definition) is 4. The zero-order valence-electron chi connectivity index (χ0n) is 7.91. The van der Waals surface area contributed by atoms with Gasteiger partial charge < -0.3 is 11.1 Å². The molecule has 0 spiro atoms. The van der Waals surface area contributed by atoms with Gasteiger partial charge in [-0.2, -0.15) is 11.8 Å². The lowest BCUT2D eigenvalue weighted by molar-refractivity contribution is -0.117. The molecule has 1 aliphatic carbocycles. The van der Waals surface area contributed by atoms with Gasteiger partial charge in [0.15, 0.2) is 0 Å². The van der Waals surface area contributed by atoms with Crippen LogP contribution in [0.15, 0.2) is 0 Å². The lowest BCUT2D eigenvalue weighted by Crippen LogP contribution is -2.41. The maximum atomic E-state index is 11.1. The first-order valence-corrected chi connectivity index (χ1v) is 5.76. The molecule has 0 radical (unpaired) electrons. The summed E-state index contributed by atoms with van der Waals surface area (Å²) < 4.78 is 0. The quantitative estimate of drug-likeness (QED) is 0.550. The van der Waals surface area contributed by atoms with Crippen molar-refractivity contribution in [3.63, 3.8) is 0 Å². The van der Waals surface area contributed by atoms with Crippen molar-refractivity contribution in [1.29, 1.82) is 0 Å². The van der Waals surface area contributed by atoms with Crippen LogP contribution >= 0.6 is 11.8 Å². The van der Waals surface area contributed by atoms with Crippen LogP contribution in [0.5, 0.6) is 0 Å². The molecule has 0 heterocycles. The first-order valence-electron chi connectivity index (χ1n) is 4.60. The second-order valence-corrected chi connectivity index (χ2v) is 4.24. The SMILES string of the molecule is NCCSCC(=O)NC(=O)NC1CC1. The van der Waals surface area contributed by atoms with E-state index >= 15 is 0 Å². The molecule has 4 N–H and O–H groups in total. The molecule has 1 saturated carbocycles. The maximum Gasteiger partial charge on any atom is 0.321 e. The Hall–Kier alpha value is -0.750. The Kier molecular flexibility index (Phi) is 4.75. The fourth-order valence-electron chi connectivity index (χ4n) is 0.860. The van der Waals surface area contributed by atoms with E-state index in [-0.39, 0.29) is 23.7 Å². The molecule has 0 unspecified atom stereocenters. The van der Waals surface area contributed by atoms with Gasteiger partial charge in [-0.1, -0.05) is 0 Å². The van der Waals surface area contributed by atoms with Crippen molar-refractivity contribution in [2.24, 2.45) is 5.73 Å². The highest BCUT2D eigenvalue weighted by atomic mass is 32.2. The van der Waals surface area contributed by atoms with Crippen LogP contribution in [0, 0.1) is 0 Å². The molecule has 80 valence electrons. The molecule has 0 aliphatic heterocycles. The zero-order chi connectivity index (χ0) is 10.4. The summed E-state index contributed by atoms with van der Waals surface area (Å²) in [6.07, 6.45) is 2.03. The van der Waals surface area contributed by atoms with Crippen LogP contribution in [-0.4, -0.2) is 36.0 Å². The highest BCUT2D eigenvalue weighted by molar-refractivity contribution is 7.99. The standard InChI is InChI=1S/C8H15N3O2S/c9-3-4-14-5-7(12)11-8(13)10-6-1-2-6/h6H,1-5,9H2,(H2,10,11,12,13). The Bertz CT molecular complexity index is 219. The first kappa shape index (κ1) is 11.3. The average Bonchev–Trinajstić information content (AvgIpc) is 2.88. The second kappa shape index (κ2) is 5.87. The van der Waals surface area contributed by atoms with Crippen LogP contribution in [0.3, 0.4) is 0 Å². The smallest absolute Gasteiger partial charge is 0.321 e. The molecule has 0 aromatic heterocycles. The molecule has 3 amide bonds. The third-order valence-electron chi connectivity index (χ3n) is 1.66. The number of urea groups is 1. The Morgan fingerprint density at radius 2 is 2.14 bits per heavy atom. The number of rotatable bonds is 5. The third-order valence-corrected chi connectivity index (χ3v) is 2.65. The molecule has 0 saturated heterocycles. The summed E-state index contributed by atoms with van der Waals surface area (Å²) in [4.78, 5) is 22.2.